The van der Waals surface area contributed by atoms with Crippen molar-refractivity contribution in [2.75, 3.05) is 20.1 Å². The molecule has 0 aromatic rings. The molecule has 19 heavy (non-hydrogen) atoms. The van der Waals surface area contributed by atoms with Gasteiger partial charge in [0, 0.05) is 20.0 Å². The number of rotatable bonds is 7. The van der Waals surface area contributed by atoms with Crippen LogP contribution in [0.25, 0.3) is 0 Å². The van der Waals surface area contributed by atoms with Crippen LogP contribution in [0.4, 0.5) is 13.2 Å². The zero-order valence-electron chi connectivity index (χ0n) is 10.3. The summed E-state index contributed by atoms with van der Waals surface area (Å²) in [5.41, 5.74) is 0. The summed E-state index contributed by atoms with van der Waals surface area (Å²) in [7, 11) is 1.35. The van der Waals surface area contributed by atoms with E-state index in [0.29, 0.717) is 0 Å². The summed E-state index contributed by atoms with van der Waals surface area (Å²) >= 11 is 0. The van der Waals surface area contributed by atoms with Crippen molar-refractivity contribution in [1.82, 2.24) is 10.2 Å². The van der Waals surface area contributed by atoms with Gasteiger partial charge in [-0.2, -0.15) is 13.2 Å². The fourth-order valence-electron chi connectivity index (χ4n) is 1.13. The summed E-state index contributed by atoms with van der Waals surface area (Å²) in [6, 6.07) is 0. The second-order valence-corrected chi connectivity index (χ2v) is 3.88. The van der Waals surface area contributed by atoms with Crippen LogP contribution in [0.2, 0.25) is 0 Å². The molecule has 0 spiro atoms. The van der Waals surface area contributed by atoms with Gasteiger partial charge in [0.15, 0.2) is 0 Å². The minimum atomic E-state index is -4.52. The van der Waals surface area contributed by atoms with Gasteiger partial charge < -0.3 is 15.3 Å². The SMILES string of the molecule is CN(CCCC(=O)O)C(=O)CC(=O)NCC(F)(F)F. The lowest BCUT2D eigenvalue weighted by Gasteiger charge is -2.16. The predicted molar refractivity (Wildman–Crippen MR) is 58.2 cm³/mol. The number of carboxylic acid groups (broad SMARTS) is 1. The summed E-state index contributed by atoms with van der Waals surface area (Å²) in [6.07, 6.45) is -5.13. The molecule has 0 heterocycles. The van der Waals surface area contributed by atoms with Crippen LogP contribution in [0.3, 0.4) is 0 Å². The number of hydrogen-bond acceptors (Lipinski definition) is 3. The first-order valence-electron chi connectivity index (χ1n) is 5.41. The second-order valence-electron chi connectivity index (χ2n) is 3.88. The highest BCUT2D eigenvalue weighted by molar-refractivity contribution is 5.96. The van der Waals surface area contributed by atoms with Gasteiger partial charge in [-0.1, -0.05) is 0 Å². The number of carboxylic acids is 1. The van der Waals surface area contributed by atoms with E-state index in [1.807, 2.05) is 0 Å². The third-order valence-corrected chi connectivity index (χ3v) is 2.11. The minimum Gasteiger partial charge on any atom is -0.481 e. The first-order valence-corrected chi connectivity index (χ1v) is 5.41. The van der Waals surface area contributed by atoms with E-state index in [0.717, 1.165) is 4.90 Å². The van der Waals surface area contributed by atoms with Gasteiger partial charge in [-0.05, 0) is 6.42 Å². The molecule has 9 heteroatoms. The Labute approximate surface area is 107 Å². The summed E-state index contributed by atoms with van der Waals surface area (Å²) in [5, 5.41) is 9.96. The van der Waals surface area contributed by atoms with E-state index in [2.05, 4.69) is 0 Å². The van der Waals surface area contributed by atoms with Crippen molar-refractivity contribution in [3.8, 4) is 0 Å². The van der Waals surface area contributed by atoms with E-state index >= 15 is 0 Å². The standard InChI is InChI=1S/C10H15F3N2O4/c1-15(4-2-3-9(18)19)8(17)5-7(16)14-6-10(11,12)13/h2-6H2,1H3,(H,14,16)(H,18,19). The number of aliphatic carboxylic acids is 1. The molecule has 0 aliphatic heterocycles. The first kappa shape index (κ1) is 17.2. The Balaban J connectivity index is 3.94. The van der Waals surface area contributed by atoms with E-state index in [1.165, 1.54) is 7.05 Å². The fourth-order valence-corrected chi connectivity index (χ4v) is 1.13. The lowest BCUT2D eigenvalue weighted by Crippen LogP contribution is -2.38. The fraction of sp³-hybridized carbons (Fsp3) is 0.700. The Hall–Kier alpha value is -1.80. The number of nitrogens with zero attached hydrogens (tertiary/aromatic N) is 1. The van der Waals surface area contributed by atoms with Gasteiger partial charge in [-0.3, -0.25) is 14.4 Å². The third kappa shape index (κ3) is 9.86. The molecule has 0 atom stereocenters. The molecular formula is C10H15F3N2O4. The number of halogens is 3. The van der Waals surface area contributed by atoms with E-state index in [4.69, 9.17) is 5.11 Å². The zero-order valence-corrected chi connectivity index (χ0v) is 10.3. The van der Waals surface area contributed by atoms with Crippen molar-refractivity contribution in [3.05, 3.63) is 0 Å². The van der Waals surface area contributed by atoms with Crippen molar-refractivity contribution in [2.45, 2.75) is 25.4 Å². The van der Waals surface area contributed by atoms with E-state index in [-0.39, 0.29) is 19.4 Å². The highest BCUT2D eigenvalue weighted by Gasteiger charge is 2.28. The Morgan fingerprint density at radius 3 is 2.32 bits per heavy atom. The molecule has 0 aliphatic carbocycles. The summed E-state index contributed by atoms with van der Waals surface area (Å²) in [6.45, 7) is -1.36. The molecule has 2 amide bonds. The van der Waals surface area contributed by atoms with Gasteiger partial charge in [-0.25, -0.2) is 0 Å². The molecule has 6 nitrogen and oxygen atoms in total. The van der Waals surface area contributed by atoms with Crippen molar-refractivity contribution in [2.24, 2.45) is 0 Å². The van der Waals surface area contributed by atoms with Gasteiger partial charge >= 0.3 is 12.1 Å². The maximum Gasteiger partial charge on any atom is 0.405 e. The van der Waals surface area contributed by atoms with Crippen molar-refractivity contribution < 1.29 is 32.7 Å². The maximum absolute atomic E-state index is 11.8. The topological polar surface area (TPSA) is 86.7 Å². The Kier molecular flexibility index (Phi) is 6.87. The minimum absolute atomic E-state index is 0.123. The molecule has 0 aliphatic rings. The van der Waals surface area contributed by atoms with E-state index in [1.54, 1.807) is 5.32 Å². The lowest BCUT2D eigenvalue weighted by atomic mass is 10.3. The largest absolute Gasteiger partial charge is 0.481 e. The smallest absolute Gasteiger partial charge is 0.405 e. The van der Waals surface area contributed by atoms with Gasteiger partial charge in [-0.15, -0.1) is 0 Å². The van der Waals surface area contributed by atoms with Crippen LogP contribution in [-0.2, 0) is 14.4 Å². The molecule has 0 unspecified atom stereocenters. The van der Waals surface area contributed by atoms with Crippen LogP contribution in [0, 0.1) is 0 Å². The first-order chi connectivity index (χ1) is 8.61. The summed E-state index contributed by atoms with van der Waals surface area (Å²) < 4.78 is 35.4. The number of nitrogens with one attached hydrogen (secondary N) is 1. The third-order valence-electron chi connectivity index (χ3n) is 2.11. The Bertz CT molecular complexity index is 344. The van der Waals surface area contributed by atoms with Crippen LogP contribution in [0.15, 0.2) is 0 Å². The number of hydrogen-bond donors (Lipinski definition) is 2. The normalized spacial score (nSPS) is 10.9. The van der Waals surface area contributed by atoms with Crippen molar-refractivity contribution in [3.63, 3.8) is 0 Å². The highest BCUT2D eigenvalue weighted by Crippen LogP contribution is 2.12. The molecular weight excluding hydrogens is 269 g/mol. The summed E-state index contributed by atoms with van der Waals surface area (Å²) in [4.78, 5) is 33.8. The number of carbonyl (C=O) groups is 3. The lowest BCUT2D eigenvalue weighted by molar-refractivity contribution is -0.143. The van der Waals surface area contributed by atoms with Gasteiger partial charge in [0.25, 0.3) is 0 Å². The van der Waals surface area contributed by atoms with Gasteiger partial charge in [0.2, 0.25) is 11.8 Å². The van der Waals surface area contributed by atoms with Crippen LogP contribution in [-0.4, -0.2) is 54.1 Å². The Morgan fingerprint density at radius 2 is 1.84 bits per heavy atom. The molecule has 0 saturated heterocycles. The predicted octanol–water partition coefficient (Wildman–Crippen LogP) is 0.378. The average molecular weight is 284 g/mol. The number of carbonyl (C=O) groups excluding carboxylic acids is 2. The molecule has 0 saturated carbocycles. The molecule has 0 rings (SSSR count). The van der Waals surface area contributed by atoms with Crippen LogP contribution in [0.5, 0.6) is 0 Å². The van der Waals surface area contributed by atoms with Crippen LogP contribution in [0.1, 0.15) is 19.3 Å². The monoisotopic (exact) mass is 284 g/mol. The second kappa shape index (κ2) is 7.59. The maximum atomic E-state index is 11.8. The van der Waals surface area contributed by atoms with Gasteiger partial charge in [0.05, 0.1) is 0 Å². The van der Waals surface area contributed by atoms with Crippen LogP contribution >= 0.6 is 0 Å². The van der Waals surface area contributed by atoms with Crippen molar-refractivity contribution >= 4 is 17.8 Å². The molecule has 0 radical (unpaired) electrons. The Morgan fingerprint density at radius 1 is 1.26 bits per heavy atom. The summed E-state index contributed by atoms with van der Waals surface area (Å²) in [5.74, 6) is -2.69. The van der Waals surface area contributed by atoms with Crippen LogP contribution < -0.4 is 5.32 Å². The van der Waals surface area contributed by atoms with E-state index in [9.17, 15) is 27.6 Å². The number of alkyl halides is 3. The highest BCUT2D eigenvalue weighted by atomic mass is 19.4. The quantitative estimate of drug-likeness (QED) is 0.662. The zero-order chi connectivity index (χ0) is 15.1. The molecule has 0 aromatic carbocycles. The molecule has 2 N–H and O–H groups in total. The number of amides is 2. The average Bonchev–Trinajstić information content (AvgIpc) is 2.24. The van der Waals surface area contributed by atoms with Gasteiger partial charge in [0.1, 0.15) is 13.0 Å². The molecule has 0 aromatic heterocycles. The van der Waals surface area contributed by atoms with E-state index < -0.39 is 36.9 Å². The molecule has 0 fully saturated rings. The van der Waals surface area contributed by atoms with Crippen molar-refractivity contribution in [1.29, 1.82) is 0 Å². The molecule has 0 bridgehead atoms. The molecule has 110 valence electrons.